The lowest BCUT2D eigenvalue weighted by Crippen LogP contribution is -2.34. The van der Waals surface area contributed by atoms with Crippen LogP contribution in [-0.4, -0.2) is 12.5 Å². The monoisotopic (exact) mass is 266 g/mol. The van der Waals surface area contributed by atoms with Crippen LogP contribution in [-0.2, 0) is 0 Å². The number of halogens is 1. The zero-order chi connectivity index (χ0) is 14.6. The van der Waals surface area contributed by atoms with E-state index in [0.717, 1.165) is 0 Å². The Morgan fingerprint density at radius 1 is 1.26 bits per heavy atom. The molecule has 106 valence electrons. The lowest BCUT2D eigenvalue weighted by atomic mass is 9.85. The average Bonchev–Trinajstić information content (AvgIpc) is 2.31. The van der Waals surface area contributed by atoms with Crippen LogP contribution in [0.3, 0.4) is 0 Å². The minimum Gasteiger partial charge on any atom is -0.396 e. The van der Waals surface area contributed by atoms with Gasteiger partial charge in [-0.05, 0) is 36.0 Å². The van der Waals surface area contributed by atoms with Gasteiger partial charge < -0.3 is 11.1 Å². The van der Waals surface area contributed by atoms with E-state index in [4.69, 9.17) is 5.73 Å². The van der Waals surface area contributed by atoms with Crippen molar-refractivity contribution in [2.24, 2.45) is 17.8 Å². The molecule has 1 aromatic carbocycles. The molecular formula is C15H23FN2O. The summed E-state index contributed by atoms with van der Waals surface area (Å²) in [5.74, 6) is 0.566. The first-order valence-corrected chi connectivity index (χ1v) is 6.66. The summed E-state index contributed by atoms with van der Waals surface area (Å²) in [5, 5.41) is 2.86. The highest BCUT2D eigenvalue weighted by Crippen LogP contribution is 2.19. The summed E-state index contributed by atoms with van der Waals surface area (Å²) in [6, 6.07) is 4.12. The van der Waals surface area contributed by atoms with Crippen molar-refractivity contribution in [3.63, 3.8) is 0 Å². The van der Waals surface area contributed by atoms with Crippen molar-refractivity contribution in [1.82, 2.24) is 5.32 Å². The standard InChI is InChI=1S/C15H23FN2O/c1-9(2)12(10(3)4)8-18-15(19)11-5-6-14(17)13(16)7-11/h5-7,9-10,12H,8,17H2,1-4H3,(H,18,19). The number of nitrogen functional groups attached to an aromatic ring is 1. The van der Waals surface area contributed by atoms with E-state index in [1.807, 2.05) is 0 Å². The first-order valence-electron chi connectivity index (χ1n) is 6.66. The molecule has 0 saturated heterocycles. The van der Waals surface area contributed by atoms with Crippen LogP contribution < -0.4 is 11.1 Å². The van der Waals surface area contributed by atoms with Gasteiger partial charge in [0, 0.05) is 12.1 Å². The molecule has 3 nitrogen and oxygen atoms in total. The zero-order valence-corrected chi connectivity index (χ0v) is 12.0. The fourth-order valence-corrected chi connectivity index (χ4v) is 2.22. The molecule has 3 N–H and O–H groups in total. The Morgan fingerprint density at radius 3 is 2.32 bits per heavy atom. The van der Waals surface area contributed by atoms with Crippen molar-refractivity contribution < 1.29 is 9.18 Å². The summed E-state index contributed by atoms with van der Waals surface area (Å²) >= 11 is 0. The number of hydrogen-bond acceptors (Lipinski definition) is 2. The minimum absolute atomic E-state index is 0.0544. The first-order chi connectivity index (χ1) is 8.82. The van der Waals surface area contributed by atoms with Crippen LogP contribution in [0.1, 0.15) is 38.1 Å². The Morgan fingerprint density at radius 2 is 1.84 bits per heavy atom. The molecule has 0 saturated carbocycles. The lowest BCUT2D eigenvalue weighted by molar-refractivity contribution is 0.0937. The number of nitrogens with two attached hydrogens (primary N) is 1. The zero-order valence-electron chi connectivity index (χ0n) is 12.0. The maximum atomic E-state index is 13.3. The highest BCUT2D eigenvalue weighted by molar-refractivity contribution is 5.94. The van der Waals surface area contributed by atoms with E-state index in [1.165, 1.54) is 18.2 Å². The highest BCUT2D eigenvalue weighted by atomic mass is 19.1. The molecule has 0 unspecified atom stereocenters. The van der Waals surface area contributed by atoms with Gasteiger partial charge in [-0.1, -0.05) is 27.7 Å². The van der Waals surface area contributed by atoms with Crippen molar-refractivity contribution in [3.8, 4) is 0 Å². The SMILES string of the molecule is CC(C)C(CNC(=O)c1ccc(N)c(F)c1)C(C)C. The van der Waals surface area contributed by atoms with Gasteiger partial charge in [0.2, 0.25) is 0 Å². The van der Waals surface area contributed by atoms with Crippen LogP contribution in [0.4, 0.5) is 10.1 Å². The normalized spacial score (nSPS) is 11.4. The Balaban J connectivity index is 2.66. The lowest BCUT2D eigenvalue weighted by Gasteiger charge is -2.25. The van der Waals surface area contributed by atoms with E-state index in [1.54, 1.807) is 0 Å². The number of rotatable bonds is 5. The van der Waals surface area contributed by atoms with Gasteiger partial charge in [-0.2, -0.15) is 0 Å². The number of carbonyl (C=O) groups excluding carboxylic acids is 1. The van der Waals surface area contributed by atoms with E-state index < -0.39 is 5.82 Å². The van der Waals surface area contributed by atoms with Gasteiger partial charge in [-0.25, -0.2) is 4.39 Å². The topological polar surface area (TPSA) is 55.1 Å². The van der Waals surface area contributed by atoms with Gasteiger partial charge >= 0.3 is 0 Å². The van der Waals surface area contributed by atoms with Crippen molar-refractivity contribution in [1.29, 1.82) is 0 Å². The van der Waals surface area contributed by atoms with Crippen LogP contribution in [0.5, 0.6) is 0 Å². The van der Waals surface area contributed by atoms with E-state index in [9.17, 15) is 9.18 Å². The molecule has 0 fully saturated rings. The van der Waals surface area contributed by atoms with Crippen molar-refractivity contribution in [3.05, 3.63) is 29.6 Å². The molecule has 0 aromatic heterocycles. The van der Waals surface area contributed by atoms with Gasteiger partial charge in [0.05, 0.1) is 5.69 Å². The number of benzene rings is 1. The molecule has 19 heavy (non-hydrogen) atoms. The summed E-state index contributed by atoms with van der Waals surface area (Å²) in [5.41, 5.74) is 5.74. The number of hydrogen-bond donors (Lipinski definition) is 2. The molecule has 0 atom stereocenters. The summed E-state index contributed by atoms with van der Waals surface area (Å²) in [6.07, 6.45) is 0. The summed E-state index contributed by atoms with van der Waals surface area (Å²) in [6.45, 7) is 9.15. The molecule has 0 bridgehead atoms. The Labute approximate surface area is 114 Å². The number of carbonyl (C=O) groups is 1. The molecule has 1 aromatic rings. The van der Waals surface area contributed by atoms with Crippen molar-refractivity contribution in [2.75, 3.05) is 12.3 Å². The maximum Gasteiger partial charge on any atom is 0.251 e. The third-order valence-corrected chi connectivity index (χ3v) is 3.47. The Bertz CT molecular complexity index is 436. The summed E-state index contributed by atoms with van der Waals surface area (Å²) in [4.78, 5) is 11.9. The summed E-state index contributed by atoms with van der Waals surface area (Å²) in [7, 11) is 0. The molecule has 1 amide bonds. The molecule has 0 spiro atoms. The molecule has 0 heterocycles. The predicted molar refractivity (Wildman–Crippen MR) is 76.3 cm³/mol. The third-order valence-electron chi connectivity index (χ3n) is 3.47. The molecule has 0 radical (unpaired) electrons. The predicted octanol–water partition coefficient (Wildman–Crippen LogP) is 3.07. The average molecular weight is 266 g/mol. The first kappa shape index (κ1) is 15.5. The minimum atomic E-state index is -0.558. The fraction of sp³-hybridized carbons (Fsp3) is 0.533. The van der Waals surface area contributed by atoms with E-state index in [2.05, 4.69) is 33.0 Å². The van der Waals surface area contributed by atoms with Crippen LogP contribution in [0.2, 0.25) is 0 Å². The smallest absolute Gasteiger partial charge is 0.251 e. The van der Waals surface area contributed by atoms with Crippen LogP contribution >= 0.6 is 0 Å². The molecule has 0 aliphatic heterocycles. The quantitative estimate of drug-likeness (QED) is 0.805. The van der Waals surface area contributed by atoms with Gasteiger partial charge in [-0.3, -0.25) is 4.79 Å². The summed E-state index contributed by atoms with van der Waals surface area (Å²) < 4.78 is 13.3. The number of amides is 1. The molecule has 4 heteroatoms. The molecular weight excluding hydrogens is 243 g/mol. The van der Waals surface area contributed by atoms with Crippen LogP contribution in [0.25, 0.3) is 0 Å². The van der Waals surface area contributed by atoms with Gasteiger partial charge in [0.1, 0.15) is 5.82 Å². The largest absolute Gasteiger partial charge is 0.396 e. The maximum absolute atomic E-state index is 13.3. The second-order valence-corrected chi connectivity index (χ2v) is 5.60. The second kappa shape index (κ2) is 6.55. The van der Waals surface area contributed by atoms with Crippen LogP contribution in [0, 0.1) is 23.6 Å². The van der Waals surface area contributed by atoms with E-state index >= 15 is 0 Å². The fourth-order valence-electron chi connectivity index (χ4n) is 2.22. The Kier molecular flexibility index (Phi) is 5.33. The van der Waals surface area contributed by atoms with E-state index in [0.29, 0.717) is 29.9 Å². The highest BCUT2D eigenvalue weighted by Gasteiger charge is 2.18. The van der Waals surface area contributed by atoms with E-state index in [-0.39, 0.29) is 11.6 Å². The van der Waals surface area contributed by atoms with Crippen molar-refractivity contribution in [2.45, 2.75) is 27.7 Å². The van der Waals surface area contributed by atoms with Gasteiger partial charge in [0.25, 0.3) is 5.91 Å². The van der Waals surface area contributed by atoms with Crippen LogP contribution in [0.15, 0.2) is 18.2 Å². The third kappa shape index (κ3) is 4.23. The number of anilines is 1. The molecule has 0 aliphatic carbocycles. The van der Waals surface area contributed by atoms with Gasteiger partial charge in [0.15, 0.2) is 0 Å². The molecule has 0 aliphatic rings. The van der Waals surface area contributed by atoms with Crippen molar-refractivity contribution >= 4 is 11.6 Å². The van der Waals surface area contributed by atoms with Gasteiger partial charge in [-0.15, -0.1) is 0 Å². The number of nitrogens with one attached hydrogen (secondary N) is 1. The Hall–Kier alpha value is -1.58. The second-order valence-electron chi connectivity index (χ2n) is 5.60. The molecule has 1 rings (SSSR count).